The summed E-state index contributed by atoms with van der Waals surface area (Å²) in [6.07, 6.45) is 0.384. The van der Waals surface area contributed by atoms with Crippen LogP contribution in [0.15, 0.2) is 0 Å². The Hall–Kier alpha value is -0.0900. The minimum Gasteiger partial charge on any atom is -0.267 e. The average molecular weight is 194 g/mol. The molecule has 0 N–H and O–H groups in total. The van der Waals surface area contributed by atoms with E-state index in [4.69, 9.17) is 4.18 Å². The average Bonchev–Trinajstić information content (AvgIpc) is 1.85. The third-order valence-electron chi connectivity index (χ3n) is 1.69. The van der Waals surface area contributed by atoms with Crippen LogP contribution in [-0.4, -0.2) is 20.3 Å². The van der Waals surface area contributed by atoms with E-state index in [1.165, 1.54) is 0 Å². The zero-order valence-corrected chi connectivity index (χ0v) is 9.02. The predicted molar refractivity (Wildman–Crippen MR) is 49.5 cm³/mol. The maximum absolute atomic E-state index is 11.1. The van der Waals surface area contributed by atoms with Crippen molar-refractivity contribution in [1.29, 1.82) is 0 Å². The fourth-order valence-electron chi connectivity index (χ4n) is 0.640. The minimum atomic E-state index is -3.28. The van der Waals surface area contributed by atoms with Crippen molar-refractivity contribution >= 4 is 10.1 Å². The molecule has 0 bridgehead atoms. The molecule has 1 atom stereocenters. The molecule has 0 heterocycles. The van der Waals surface area contributed by atoms with E-state index >= 15 is 0 Å². The Bertz CT molecular complexity index is 206. The van der Waals surface area contributed by atoms with Gasteiger partial charge in [-0.15, -0.1) is 0 Å². The molecule has 1 unspecified atom stereocenters. The summed E-state index contributed by atoms with van der Waals surface area (Å²) in [5.74, 6) is 0.348. The number of rotatable bonds is 5. The summed E-state index contributed by atoms with van der Waals surface area (Å²) < 4.78 is 27.2. The summed E-state index contributed by atoms with van der Waals surface area (Å²) >= 11 is 0. The Labute approximate surface area is 75.2 Å². The first kappa shape index (κ1) is 11.9. The molecule has 0 aliphatic rings. The van der Waals surface area contributed by atoms with Crippen LogP contribution in [0.3, 0.4) is 0 Å². The second kappa shape index (κ2) is 4.82. The van der Waals surface area contributed by atoms with Gasteiger partial charge in [-0.25, -0.2) is 0 Å². The highest BCUT2D eigenvalue weighted by atomic mass is 32.2. The second-order valence-corrected chi connectivity index (χ2v) is 5.02. The van der Waals surface area contributed by atoms with Gasteiger partial charge in [-0.05, 0) is 19.3 Å². The van der Waals surface area contributed by atoms with Gasteiger partial charge in [0.1, 0.15) is 0 Å². The van der Waals surface area contributed by atoms with Gasteiger partial charge in [0.2, 0.25) is 0 Å². The van der Waals surface area contributed by atoms with Crippen molar-refractivity contribution in [3.63, 3.8) is 0 Å². The van der Waals surface area contributed by atoms with Gasteiger partial charge in [-0.2, -0.15) is 8.42 Å². The highest BCUT2D eigenvalue weighted by molar-refractivity contribution is 7.86. The second-order valence-electron chi connectivity index (χ2n) is 3.31. The molecule has 0 aliphatic carbocycles. The smallest absolute Gasteiger partial charge is 0.267 e. The van der Waals surface area contributed by atoms with Crippen molar-refractivity contribution < 1.29 is 12.6 Å². The molecule has 0 aromatic rings. The van der Waals surface area contributed by atoms with Gasteiger partial charge in [0.05, 0.1) is 11.9 Å². The summed E-state index contributed by atoms with van der Waals surface area (Å²) in [6.45, 7) is 7.47. The number of hydrogen-bond donors (Lipinski definition) is 0. The third kappa shape index (κ3) is 4.72. The molecule has 0 spiro atoms. The maximum Gasteiger partial charge on any atom is 0.267 e. The fourth-order valence-corrected chi connectivity index (χ4v) is 1.92. The van der Waals surface area contributed by atoms with E-state index in [-0.39, 0.29) is 17.8 Å². The van der Waals surface area contributed by atoms with Crippen molar-refractivity contribution in [2.24, 2.45) is 5.92 Å². The lowest BCUT2D eigenvalue weighted by atomic mass is 10.1. The Morgan fingerprint density at radius 1 is 1.25 bits per heavy atom. The Morgan fingerprint density at radius 3 is 2.08 bits per heavy atom. The maximum atomic E-state index is 11.1. The zero-order chi connectivity index (χ0) is 9.78. The SMILES string of the molecule is CCCS(=O)(=O)OC(C)C(C)C. The van der Waals surface area contributed by atoms with Crippen LogP contribution in [0.1, 0.15) is 34.1 Å². The molecule has 0 aromatic heterocycles. The van der Waals surface area contributed by atoms with Gasteiger partial charge in [-0.3, -0.25) is 4.18 Å². The van der Waals surface area contributed by atoms with Gasteiger partial charge in [0.25, 0.3) is 10.1 Å². The zero-order valence-electron chi connectivity index (χ0n) is 8.20. The van der Waals surface area contributed by atoms with Gasteiger partial charge in [0, 0.05) is 0 Å². The predicted octanol–water partition coefficient (Wildman–Crippen LogP) is 1.79. The minimum absolute atomic E-state index is 0.115. The van der Waals surface area contributed by atoms with Crippen LogP contribution in [0.2, 0.25) is 0 Å². The summed E-state index contributed by atoms with van der Waals surface area (Å²) in [6, 6.07) is 0. The summed E-state index contributed by atoms with van der Waals surface area (Å²) in [7, 11) is -3.28. The molecule has 0 saturated carbocycles. The first-order valence-corrected chi connectivity index (χ1v) is 5.87. The van der Waals surface area contributed by atoms with Crippen LogP contribution in [0.4, 0.5) is 0 Å². The lowest BCUT2D eigenvalue weighted by Crippen LogP contribution is -2.22. The summed E-state index contributed by atoms with van der Waals surface area (Å²) in [5.41, 5.74) is 0. The van der Waals surface area contributed by atoms with Crippen molar-refractivity contribution in [3.05, 3.63) is 0 Å². The first-order chi connectivity index (χ1) is 5.39. The van der Waals surface area contributed by atoms with E-state index in [1.54, 1.807) is 6.92 Å². The largest absolute Gasteiger partial charge is 0.267 e. The standard InChI is InChI=1S/C8H18O3S/c1-5-6-12(9,10)11-8(4)7(2)3/h7-8H,5-6H2,1-4H3. The van der Waals surface area contributed by atoms with Crippen molar-refractivity contribution in [2.45, 2.75) is 40.2 Å². The molecule has 3 nitrogen and oxygen atoms in total. The Morgan fingerprint density at radius 2 is 1.75 bits per heavy atom. The van der Waals surface area contributed by atoms with E-state index < -0.39 is 10.1 Å². The molecule has 0 fully saturated rings. The summed E-state index contributed by atoms with van der Waals surface area (Å²) in [5, 5.41) is 0. The van der Waals surface area contributed by atoms with Crippen LogP contribution in [0, 0.1) is 5.92 Å². The van der Waals surface area contributed by atoms with E-state index in [2.05, 4.69) is 0 Å². The molecule has 0 aromatic carbocycles. The van der Waals surface area contributed by atoms with Crippen LogP contribution >= 0.6 is 0 Å². The van der Waals surface area contributed by atoms with E-state index in [0.717, 1.165) is 0 Å². The summed E-state index contributed by atoms with van der Waals surface area (Å²) in [4.78, 5) is 0. The highest BCUT2D eigenvalue weighted by Crippen LogP contribution is 2.09. The topological polar surface area (TPSA) is 43.4 Å². The Balaban J connectivity index is 4.07. The molecule has 0 aliphatic heterocycles. The molecular weight excluding hydrogens is 176 g/mol. The van der Waals surface area contributed by atoms with Crippen LogP contribution in [0.25, 0.3) is 0 Å². The first-order valence-electron chi connectivity index (χ1n) is 4.30. The number of hydrogen-bond acceptors (Lipinski definition) is 3. The van der Waals surface area contributed by atoms with Crippen LogP contribution in [0.5, 0.6) is 0 Å². The van der Waals surface area contributed by atoms with Gasteiger partial charge < -0.3 is 0 Å². The van der Waals surface area contributed by atoms with Crippen LogP contribution < -0.4 is 0 Å². The van der Waals surface area contributed by atoms with E-state index in [9.17, 15) is 8.42 Å². The van der Waals surface area contributed by atoms with Gasteiger partial charge >= 0.3 is 0 Å². The molecule has 0 radical (unpaired) electrons. The van der Waals surface area contributed by atoms with Crippen molar-refractivity contribution in [1.82, 2.24) is 0 Å². The molecular formula is C8H18O3S. The third-order valence-corrected chi connectivity index (χ3v) is 3.20. The molecule has 4 heteroatoms. The molecule has 12 heavy (non-hydrogen) atoms. The van der Waals surface area contributed by atoms with Crippen molar-refractivity contribution in [2.75, 3.05) is 5.75 Å². The quantitative estimate of drug-likeness (QED) is 0.627. The lowest BCUT2D eigenvalue weighted by molar-refractivity contribution is 0.178. The molecule has 0 rings (SSSR count). The van der Waals surface area contributed by atoms with Gasteiger partial charge in [-0.1, -0.05) is 20.8 Å². The molecule has 0 saturated heterocycles. The Kier molecular flexibility index (Phi) is 4.78. The van der Waals surface area contributed by atoms with Gasteiger partial charge in [0.15, 0.2) is 0 Å². The highest BCUT2D eigenvalue weighted by Gasteiger charge is 2.17. The fraction of sp³-hybridized carbons (Fsp3) is 1.00. The molecule has 0 amide bonds. The van der Waals surface area contributed by atoms with E-state index in [1.807, 2.05) is 20.8 Å². The van der Waals surface area contributed by atoms with E-state index in [0.29, 0.717) is 6.42 Å². The van der Waals surface area contributed by atoms with Crippen molar-refractivity contribution in [3.8, 4) is 0 Å². The lowest BCUT2D eigenvalue weighted by Gasteiger charge is -2.15. The monoisotopic (exact) mass is 194 g/mol. The molecule has 74 valence electrons. The normalized spacial score (nSPS) is 15.1. The van der Waals surface area contributed by atoms with Crippen LogP contribution in [-0.2, 0) is 14.3 Å².